The van der Waals surface area contributed by atoms with Crippen molar-refractivity contribution in [3.63, 3.8) is 0 Å². The van der Waals surface area contributed by atoms with Crippen molar-refractivity contribution in [1.82, 2.24) is 4.90 Å². The Kier molecular flexibility index (Phi) is 7.53. The molecule has 0 saturated carbocycles. The standard InChI is InChI=1S/C20H39NO4Si/c1-10-15(11-12-22)20(25-26(8)9)13-16(18(2,3)4)14-21(20)17(23)24-19(5,6)7/h10,15-16,22,26H,1,11-14H2,2-9H3/t15?,16-,20-/m0/s1. The zero-order chi connectivity index (χ0) is 20.3. The molecule has 1 aliphatic rings. The second kappa shape index (κ2) is 8.44. The predicted octanol–water partition coefficient (Wildman–Crippen LogP) is 4.17. The average Bonchev–Trinajstić information content (AvgIpc) is 2.82. The largest absolute Gasteiger partial charge is 0.444 e. The van der Waals surface area contributed by atoms with Crippen LogP contribution in [0.1, 0.15) is 54.4 Å². The van der Waals surface area contributed by atoms with E-state index in [1.54, 1.807) is 4.90 Å². The maximum absolute atomic E-state index is 13.1. The topological polar surface area (TPSA) is 59.0 Å². The van der Waals surface area contributed by atoms with Crippen LogP contribution in [0.2, 0.25) is 13.1 Å². The maximum atomic E-state index is 13.1. The lowest BCUT2D eigenvalue weighted by atomic mass is 9.77. The molecule has 0 aromatic carbocycles. The van der Waals surface area contributed by atoms with E-state index in [1.165, 1.54) is 0 Å². The molecule has 0 aromatic rings. The molecule has 0 aliphatic carbocycles. The van der Waals surface area contributed by atoms with Crippen LogP contribution >= 0.6 is 0 Å². The van der Waals surface area contributed by atoms with Crippen LogP contribution in [0.3, 0.4) is 0 Å². The van der Waals surface area contributed by atoms with Crippen LogP contribution in [0.4, 0.5) is 4.79 Å². The highest BCUT2D eigenvalue weighted by atomic mass is 28.3. The van der Waals surface area contributed by atoms with Gasteiger partial charge >= 0.3 is 6.09 Å². The summed E-state index contributed by atoms with van der Waals surface area (Å²) >= 11 is 0. The van der Waals surface area contributed by atoms with Gasteiger partial charge in [-0.15, -0.1) is 6.58 Å². The number of carbonyl (C=O) groups excluding carboxylic acids is 1. The van der Waals surface area contributed by atoms with Crippen LogP contribution in [0.15, 0.2) is 12.7 Å². The van der Waals surface area contributed by atoms with E-state index in [0.29, 0.717) is 13.0 Å². The van der Waals surface area contributed by atoms with Gasteiger partial charge in [-0.05, 0) is 51.6 Å². The van der Waals surface area contributed by atoms with Crippen molar-refractivity contribution in [2.45, 2.75) is 78.8 Å². The fourth-order valence-electron chi connectivity index (χ4n) is 3.65. The van der Waals surface area contributed by atoms with E-state index in [2.05, 4.69) is 40.4 Å². The van der Waals surface area contributed by atoms with E-state index in [1.807, 2.05) is 26.8 Å². The third-order valence-corrected chi connectivity index (χ3v) is 5.86. The molecule has 1 rings (SSSR count). The summed E-state index contributed by atoms with van der Waals surface area (Å²) in [6.45, 7) is 21.0. The van der Waals surface area contributed by atoms with Gasteiger partial charge in [0.25, 0.3) is 0 Å². The third kappa shape index (κ3) is 5.57. The van der Waals surface area contributed by atoms with E-state index in [0.717, 1.165) is 6.42 Å². The van der Waals surface area contributed by atoms with Crippen molar-refractivity contribution in [2.24, 2.45) is 17.3 Å². The van der Waals surface area contributed by atoms with Gasteiger partial charge in [-0.1, -0.05) is 26.8 Å². The van der Waals surface area contributed by atoms with E-state index in [4.69, 9.17) is 9.16 Å². The summed E-state index contributed by atoms with van der Waals surface area (Å²) in [6.07, 6.45) is 2.73. The first-order chi connectivity index (χ1) is 11.8. The molecule has 5 nitrogen and oxygen atoms in total. The number of aliphatic hydroxyl groups is 1. The second-order valence-corrected chi connectivity index (χ2v) is 12.1. The quantitative estimate of drug-likeness (QED) is 0.551. The molecule has 3 atom stereocenters. The van der Waals surface area contributed by atoms with Crippen LogP contribution in [0.5, 0.6) is 0 Å². The summed E-state index contributed by atoms with van der Waals surface area (Å²) in [7, 11) is -1.48. The van der Waals surface area contributed by atoms with Crippen molar-refractivity contribution < 1.29 is 19.1 Å². The molecule has 1 aliphatic heterocycles. The van der Waals surface area contributed by atoms with Gasteiger partial charge in [-0.3, -0.25) is 4.90 Å². The minimum atomic E-state index is -1.48. The number of aliphatic hydroxyl groups excluding tert-OH is 1. The highest BCUT2D eigenvalue weighted by molar-refractivity contribution is 6.48. The number of carbonyl (C=O) groups is 1. The Morgan fingerprint density at radius 1 is 1.35 bits per heavy atom. The molecular formula is C20H39NO4Si. The Labute approximate surface area is 161 Å². The molecule has 1 saturated heterocycles. The van der Waals surface area contributed by atoms with E-state index in [9.17, 15) is 9.90 Å². The Bertz CT molecular complexity index is 495. The molecule has 26 heavy (non-hydrogen) atoms. The van der Waals surface area contributed by atoms with Gasteiger partial charge in [0, 0.05) is 25.5 Å². The molecular weight excluding hydrogens is 346 g/mol. The van der Waals surface area contributed by atoms with Crippen molar-refractivity contribution >= 4 is 15.1 Å². The van der Waals surface area contributed by atoms with Crippen LogP contribution in [0.25, 0.3) is 0 Å². The van der Waals surface area contributed by atoms with Crippen molar-refractivity contribution in [3.05, 3.63) is 12.7 Å². The molecule has 1 fully saturated rings. The monoisotopic (exact) mass is 385 g/mol. The number of hydrogen-bond donors (Lipinski definition) is 1. The lowest BCUT2D eigenvalue weighted by Crippen LogP contribution is -2.56. The number of rotatable bonds is 6. The number of ether oxygens (including phenoxy) is 1. The average molecular weight is 386 g/mol. The molecule has 0 bridgehead atoms. The Morgan fingerprint density at radius 2 is 1.92 bits per heavy atom. The maximum Gasteiger partial charge on any atom is 0.412 e. The van der Waals surface area contributed by atoms with Crippen LogP contribution in [-0.4, -0.2) is 49.6 Å². The van der Waals surface area contributed by atoms with Crippen LogP contribution < -0.4 is 0 Å². The summed E-state index contributed by atoms with van der Waals surface area (Å²) in [5, 5.41) is 9.59. The molecule has 0 aromatic heterocycles. The Morgan fingerprint density at radius 3 is 2.31 bits per heavy atom. The van der Waals surface area contributed by atoms with Gasteiger partial charge in [0.05, 0.1) is 0 Å². The van der Waals surface area contributed by atoms with Gasteiger partial charge in [0.1, 0.15) is 11.3 Å². The minimum Gasteiger partial charge on any atom is -0.444 e. The number of likely N-dealkylation sites (tertiary alicyclic amines) is 1. The first-order valence-corrected chi connectivity index (χ1v) is 12.5. The zero-order valence-electron chi connectivity index (χ0n) is 18.0. The van der Waals surface area contributed by atoms with E-state index < -0.39 is 20.4 Å². The first-order valence-electron chi connectivity index (χ1n) is 9.68. The number of hydrogen-bond acceptors (Lipinski definition) is 4. The van der Waals surface area contributed by atoms with Crippen molar-refractivity contribution in [2.75, 3.05) is 13.2 Å². The summed E-state index contributed by atoms with van der Waals surface area (Å²) in [5.74, 6) is 0.145. The fourth-order valence-corrected chi connectivity index (χ4v) is 4.87. The zero-order valence-corrected chi connectivity index (χ0v) is 19.1. The number of amides is 1. The number of nitrogens with zero attached hydrogens (tertiary/aromatic N) is 1. The summed E-state index contributed by atoms with van der Waals surface area (Å²) in [5.41, 5.74) is -1.32. The van der Waals surface area contributed by atoms with Crippen molar-refractivity contribution in [1.29, 1.82) is 0 Å². The molecule has 1 unspecified atom stereocenters. The molecule has 0 spiro atoms. The van der Waals surface area contributed by atoms with Gasteiger partial charge < -0.3 is 14.3 Å². The SMILES string of the molecule is C=CC(CCO)[C@@]1(O[SiH](C)C)C[C@H](C(C)(C)C)CN1C(=O)OC(C)(C)C. The fraction of sp³-hybridized carbons (Fsp3) is 0.850. The molecule has 152 valence electrons. The van der Waals surface area contributed by atoms with E-state index in [-0.39, 0.29) is 30.0 Å². The minimum absolute atomic E-state index is 0.0315. The molecule has 0 radical (unpaired) electrons. The molecule has 1 N–H and O–H groups in total. The Balaban J connectivity index is 3.40. The smallest absolute Gasteiger partial charge is 0.412 e. The molecule has 6 heteroatoms. The van der Waals surface area contributed by atoms with Crippen LogP contribution in [-0.2, 0) is 9.16 Å². The second-order valence-electron chi connectivity index (χ2n) is 9.72. The van der Waals surface area contributed by atoms with Crippen molar-refractivity contribution in [3.8, 4) is 0 Å². The van der Waals surface area contributed by atoms with Gasteiger partial charge in [-0.25, -0.2) is 4.79 Å². The van der Waals surface area contributed by atoms with E-state index >= 15 is 0 Å². The van der Waals surface area contributed by atoms with Gasteiger partial charge in [-0.2, -0.15) is 0 Å². The Hall–Kier alpha value is -0.853. The van der Waals surface area contributed by atoms with Gasteiger partial charge in [0.15, 0.2) is 9.04 Å². The predicted molar refractivity (Wildman–Crippen MR) is 109 cm³/mol. The molecule has 1 amide bonds. The highest BCUT2D eigenvalue weighted by Gasteiger charge is 2.56. The first kappa shape index (κ1) is 23.2. The highest BCUT2D eigenvalue weighted by Crippen LogP contribution is 2.48. The van der Waals surface area contributed by atoms with Gasteiger partial charge in [0.2, 0.25) is 0 Å². The summed E-state index contributed by atoms with van der Waals surface area (Å²) in [6, 6.07) is 0. The summed E-state index contributed by atoms with van der Waals surface area (Å²) in [4.78, 5) is 14.9. The lowest BCUT2D eigenvalue weighted by Gasteiger charge is -2.44. The normalized spacial score (nSPS) is 25.5. The summed E-state index contributed by atoms with van der Waals surface area (Å²) < 4.78 is 12.3. The lowest BCUT2D eigenvalue weighted by molar-refractivity contribution is -0.0971. The third-order valence-electron chi connectivity index (χ3n) is 4.98. The molecule has 1 heterocycles. The van der Waals surface area contributed by atoms with Crippen LogP contribution in [0, 0.1) is 17.3 Å².